The summed E-state index contributed by atoms with van der Waals surface area (Å²) in [4.78, 5) is 14.0. The second kappa shape index (κ2) is 10.8. The van der Waals surface area contributed by atoms with Gasteiger partial charge in [-0.05, 0) is 47.7 Å². The Morgan fingerprint density at radius 1 is 0.872 bits per heavy atom. The number of nitriles is 1. The van der Waals surface area contributed by atoms with Crippen LogP contribution in [0.3, 0.4) is 0 Å². The highest BCUT2D eigenvalue weighted by Gasteiger charge is 2.44. The van der Waals surface area contributed by atoms with Crippen LogP contribution in [-0.2, 0) is 9.53 Å². The van der Waals surface area contributed by atoms with E-state index in [0.29, 0.717) is 67.6 Å². The van der Waals surface area contributed by atoms with Crippen molar-refractivity contribution in [3.63, 3.8) is 0 Å². The number of ether oxygens (including phenoxy) is 2. The zero-order chi connectivity index (χ0) is 26.8. The molecule has 2 aliphatic heterocycles. The molecule has 2 atom stereocenters. The number of carbonyl (C=O) groups is 1. The molecule has 6 rings (SSSR count). The van der Waals surface area contributed by atoms with E-state index in [1.807, 2.05) is 77.8 Å². The van der Waals surface area contributed by atoms with E-state index in [0.717, 1.165) is 16.8 Å². The molecule has 2 heterocycles. The topological polar surface area (TPSA) is 91.8 Å². The highest BCUT2D eigenvalue weighted by Crippen LogP contribution is 2.48. The first-order valence-corrected chi connectivity index (χ1v) is 13.3. The molecular weight excluding hydrogens is 488 g/mol. The number of Topliss-reactive ketones (excluding diaryl/α,β-unsaturated/α-hetero) is 1. The van der Waals surface area contributed by atoms with Gasteiger partial charge in [0.05, 0.1) is 30.8 Å². The molecule has 0 saturated carbocycles. The van der Waals surface area contributed by atoms with Gasteiger partial charge in [0.25, 0.3) is 0 Å². The van der Waals surface area contributed by atoms with Crippen molar-refractivity contribution in [3.05, 3.63) is 119 Å². The van der Waals surface area contributed by atoms with Crippen LogP contribution in [0.4, 0.5) is 0 Å². The molecule has 0 aromatic heterocycles. The van der Waals surface area contributed by atoms with Crippen LogP contribution in [0.1, 0.15) is 35.8 Å². The third kappa shape index (κ3) is 4.81. The van der Waals surface area contributed by atoms with Crippen LogP contribution >= 0.6 is 0 Å². The molecule has 3 aromatic rings. The molecule has 3 aliphatic rings. The van der Waals surface area contributed by atoms with E-state index in [2.05, 4.69) is 23.2 Å². The van der Waals surface area contributed by atoms with E-state index in [1.165, 1.54) is 0 Å². The number of benzene rings is 3. The molecule has 0 amide bonds. The minimum atomic E-state index is -0.564. The minimum Gasteiger partial charge on any atom is -0.457 e. The van der Waals surface area contributed by atoms with Gasteiger partial charge in [-0.3, -0.25) is 9.80 Å². The average molecular weight is 519 g/mol. The van der Waals surface area contributed by atoms with Crippen LogP contribution in [0, 0.1) is 11.3 Å². The number of hydrogen-bond donors (Lipinski definition) is 1. The smallest absolute Gasteiger partial charge is 0.162 e. The SMILES string of the molecule is N#CC1=C(N)N(N2CCOCC2)C2=C(C(=O)CC(c3ccccc3)C2)C1c1cccc(Oc2ccccc2)c1. The number of nitrogens with zero attached hydrogens (tertiary/aromatic N) is 3. The Hall–Kier alpha value is -4.38. The Bertz CT molecular complexity index is 1470. The zero-order valence-corrected chi connectivity index (χ0v) is 21.6. The van der Waals surface area contributed by atoms with Crippen molar-refractivity contribution in [1.29, 1.82) is 5.26 Å². The third-order valence-electron chi connectivity index (χ3n) is 7.65. The molecule has 1 saturated heterocycles. The predicted octanol–water partition coefficient (Wildman–Crippen LogP) is 5.22. The van der Waals surface area contributed by atoms with Gasteiger partial charge in [0, 0.05) is 30.8 Å². The van der Waals surface area contributed by atoms with Gasteiger partial charge in [0.15, 0.2) is 5.78 Å². The van der Waals surface area contributed by atoms with Crippen molar-refractivity contribution in [2.24, 2.45) is 5.73 Å². The number of hydrazine groups is 1. The lowest BCUT2D eigenvalue weighted by atomic mass is 9.72. The van der Waals surface area contributed by atoms with Gasteiger partial charge in [-0.25, -0.2) is 5.01 Å². The summed E-state index contributed by atoms with van der Waals surface area (Å²) in [7, 11) is 0. The number of ketones is 1. The van der Waals surface area contributed by atoms with Crippen LogP contribution in [0.2, 0.25) is 0 Å². The summed E-state index contributed by atoms with van der Waals surface area (Å²) in [5.41, 5.74) is 10.7. The van der Waals surface area contributed by atoms with E-state index < -0.39 is 5.92 Å². The predicted molar refractivity (Wildman–Crippen MR) is 147 cm³/mol. The molecule has 196 valence electrons. The van der Waals surface area contributed by atoms with E-state index in [-0.39, 0.29) is 11.7 Å². The van der Waals surface area contributed by atoms with Gasteiger partial charge >= 0.3 is 0 Å². The first-order chi connectivity index (χ1) is 19.1. The average Bonchev–Trinajstić information content (AvgIpc) is 2.98. The molecule has 39 heavy (non-hydrogen) atoms. The van der Waals surface area contributed by atoms with Crippen LogP contribution in [0.15, 0.2) is 108 Å². The fourth-order valence-electron chi connectivity index (χ4n) is 5.87. The molecule has 0 bridgehead atoms. The van der Waals surface area contributed by atoms with E-state index in [9.17, 15) is 10.1 Å². The number of rotatable bonds is 5. The zero-order valence-electron chi connectivity index (χ0n) is 21.6. The van der Waals surface area contributed by atoms with Gasteiger partial charge < -0.3 is 15.2 Å². The van der Waals surface area contributed by atoms with Gasteiger partial charge in [-0.2, -0.15) is 5.26 Å². The number of hydrogen-bond acceptors (Lipinski definition) is 7. The van der Waals surface area contributed by atoms with Crippen molar-refractivity contribution in [2.75, 3.05) is 26.3 Å². The summed E-state index contributed by atoms with van der Waals surface area (Å²) >= 11 is 0. The van der Waals surface area contributed by atoms with Crippen LogP contribution < -0.4 is 10.5 Å². The Balaban J connectivity index is 1.46. The summed E-state index contributed by atoms with van der Waals surface area (Å²) in [6, 6.07) is 29.7. The lowest BCUT2D eigenvalue weighted by Gasteiger charge is -2.47. The van der Waals surface area contributed by atoms with Gasteiger partial charge in [0.1, 0.15) is 17.3 Å². The van der Waals surface area contributed by atoms with E-state index >= 15 is 0 Å². The Labute approximate surface area is 228 Å². The second-order valence-corrected chi connectivity index (χ2v) is 10.0. The van der Waals surface area contributed by atoms with Gasteiger partial charge in [-0.15, -0.1) is 0 Å². The van der Waals surface area contributed by atoms with E-state index in [1.54, 1.807) is 0 Å². The van der Waals surface area contributed by atoms with Crippen molar-refractivity contribution in [2.45, 2.75) is 24.7 Å². The fourth-order valence-corrected chi connectivity index (χ4v) is 5.87. The van der Waals surface area contributed by atoms with Gasteiger partial charge in [0.2, 0.25) is 0 Å². The number of morpholine rings is 1. The third-order valence-corrected chi connectivity index (χ3v) is 7.65. The Morgan fingerprint density at radius 3 is 2.26 bits per heavy atom. The number of para-hydroxylation sites is 1. The lowest BCUT2D eigenvalue weighted by Crippen LogP contribution is -2.52. The molecule has 0 spiro atoms. The summed E-state index contributed by atoms with van der Waals surface area (Å²) < 4.78 is 11.7. The molecule has 7 nitrogen and oxygen atoms in total. The number of nitrogens with two attached hydrogens (primary N) is 1. The first-order valence-electron chi connectivity index (χ1n) is 13.3. The van der Waals surface area contributed by atoms with Gasteiger partial charge in [-0.1, -0.05) is 60.7 Å². The normalized spacial score (nSPS) is 21.9. The summed E-state index contributed by atoms with van der Waals surface area (Å²) in [6.07, 6.45) is 1.04. The largest absolute Gasteiger partial charge is 0.457 e. The monoisotopic (exact) mass is 518 g/mol. The molecule has 0 radical (unpaired) electrons. The van der Waals surface area contributed by atoms with Crippen LogP contribution in [0.5, 0.6) is 11.5 Å². The molecule has 1 fully saturated rings. The maximum Gasteiger partial charge on any atom is 0.162 e. The standard InChI is InChI=1S/C32H30N4O3/c33-21-27-30(23-10-7-13-26(18-23)39-25-11-5-2-6-12-25)31-28(36(32(27)34)35-14-16-38-17-15-35)19-24(20-29(31)37)22-8-3-1-4-9-22/h1-13,18,24,30H,14-17,19-20,34H2. The lowest BCUT2D eigenvalue weighted by molar-refractivity contribution is -0.117. The minimum absolute atomic E-state index is 0.0332. The molecule has 7 heteroatoms. The molecule has 2 N–H and O–H groups in total. The highest BCUT2D eigenvalue weighted by molar-refractivity contribution is 6.00. The maximum atomic E-state index is 14.0. The molecular formula is C32H30N4O3. The van der Waals surface area contributed by atoms with Crippen LogP contribution in [-0.4, -0.2) is 42.1 Å². The Kier molecular flexibility index (Phi) is 6.89. The van der Waals surface area contributed by atoms with Crippen molar-refractivity contribution < 1.29 is 14.3 Å². The number of carbonyl (C=O) groups excluding carboxylic acids is 1. The number of allylic oxidation sites excluding steroid dienone is 3. The maximum absolute atomic E-state index is 14.0. The van der Waals surface area contributed by atoms with Crippen molar-refractivity contribution in [3.8, 4) is 17.6 Å². The highest BCUT2D eigenvalue weighted by atomic mass is 16.5. The first kappa shape index (κ1) is 24.9. The fraction of sp³-hybridized carbons (Fsp3) is 0.250. The summed E-state index contributed by atoms with van der Waals surface area (Å²) in [6.45, 7) is 2.39. The van der Waals surface area contributed by atoms with Crippen LogP contribution in [0.25, 0.3) is 0 Å². The van der Waals surface area contributed by atoms with E-state index in [4.69, 9.17) is 15.2 Å². The summed E-state index contributed by atoms with van der Waals surface area (Å²) in [5.74, 6) is 1.24. The quantitative estimate of drug-likeness (QED) is 0.495. The summed E-state index contributed by atoms with van der Waals surface area (Å²) in [5, 5.41) is 14.4. The van der Waals surface area contributed by atoms with Crippen molar-refractivity contribution in [1.82, 2.24) is 10.0 Å². The molecule has 2 unspecified atom stereocenters. The molecule has 1 aliphatic carbocycles. The van der Waals surface area contributed by atoms with Crippen molar-refractivity contribution >= 4 is 5.78 Å². The Morgan fingerprint density at radius 2 is 1.54 bits per heavy atom. The second-order valence-electron chi connectivity index (χ2n) is 10.0. The molecule has 3 aromatic carbocycles.